The molecular weight excluding hydrogens is 400 g/mol. The smallest absolute Gasteiger partial charge is 0.255 e. The van der Waals surface area contributed by atoms with Gasteiger partial charge in [-0.2, -0.15) is 0 Å². The number of hydrogen-bond acceptors (Lipinski definition) is 6. The molecule has 0 aromatic heterocycles. The summed E-state index contributed by atoms with van der Waals surface area (Å²) in [4.78, 5) is 36.9. The van der Waals surface area contributed by atoms with Gasteiger partial charge in [0.1, 0.15) is 0 Å². The number of ether oxygens (including phenoxy) is 3. The SMILES string of the molecule is CC[C@]1(c2ccc(NC(=O)c3cc(OC)c(OC)c(OC)c3)cc2)CCC(=O)NC1=O. The standard InChI is InChI=1S/C23H26N2O6/c1-5-23(11-10-19(26)25-22(23)28)15-6-8-16(9-7-15)24-21(27)14-12-17(29-2)20(31-4)18(13-14)30-3/h6-9,12-13H,5,10-11H2,1-4H3,(H,24,27)(H,25,26,28)/t23-/m1/s1. The minimum absolute atomic E-state index is 0.247. The lowest BCUT2D eigenvalue weighted by Crippen LogP contribution is -2.51. The maximum atomic E-state index is 12.8. The van der Waals surface area contributed by atoms with Crippen LogP contribution in [0.15, 0.2) is 36.4 Å². The second-order valence-corrected chi connectivity index (χ2v) is 7.26. The summed E-state index contributed by atoms with van der Waals surface area (Å²) in [5, 5.41) is 5.27. The van der Waals surface area contributed by atoms with E-state index in [4.69, 9.17) is 14.2 Å². The second-order valence-electron chi connectivity index (χ2n) is 7.26. The first-order valence-corrected chi connectivity index (χ1v) is 9.94. The highest BCUT2D eigenvalue weighted by atomic mass is 16.5. The minimum atomic E-state index is -0.743. The Morgan fingerprint density at radius 2 is 1.65 bits per heavy atom. The van der Waals surface area contributed by atoms with E-state index in [-0.39, 0.29) is 17.7 Å². The molecule has 0 bridgehead atoms. The van der Waals surface area contributed by atoms with E-state index in [9.17, 15) is 14.4 Å². The van der Waals surface area contributed by atoms with E-state index in [1.165, 1.54) is 21.3 Å². The third-order valence-electron chi connectivity index (χ3n) is 5.69. The molecule has 3 amide bonds. The second kappa shape index (κ2) is 9.07. The number of carbonyl (C=O) groups is 3. The Bertz CT molecular complexity index is 977. The van der Waals surface area contributed by atoms with Gasteiger partial charge in [0.2, 0.25) is 17.6 Å². The van der Waals surface area contributed by atoms with Crippen molar-refractivity contribution in [3.8, 4) is 17.2 Å². The highest BCUT2D eigenvalue weighted by molar-refractivity contribution is 6.05. The molecule has 1 aliphatic heterocycles. The lowest BCUT2D eigenvalue weighted by molar-refractivity contribution is -0.138. The van der Waals surface area contributed by atoms with Crippen LogP contribution in [-0.4, -0.2) is 39.1 Å². The van der Waals surface area contributed by atoms with Crippen molar-refractivity contribution < 1.29 is 28.6 Å². The summed E-state index contributed by atoms with van der Waals surface area (Å²) in [6.07, 6.45) is 1.34. The normalized spacial score (nSPS) is 18.2. The Balaban J connectivity index is 1.82. The number of hydrogen-bond donors (Lipinski definition) is 2. The number of nitrogens with one attached hydrogen (secondary N) is 2. The van der Waals surface area contributed by atoms with Crippen LogP contribution in [0.4, 0.5) is 5.69 Å². The van der Waals surface area contributed by atoms with Crippen LogP contribution in [0.25, 0.3) is 0 Å². The molecule has 1 aliphatic rings. The van der Waals surface area contributed by atoms with Crippen LogP contribution < -0.4 is 24.8 Å². The fraction of sp³-hybridized carbons (Fsp3) is 0.348. The molecule has 1 saturated heterocycles. The fourth-order valence-corrected chi connectivity index (χ4v) is 3.85. The summed E-state index contributed by atoms with van der Waals surface area (Å²) in [6, 6.07) is 10.2. The zero-order chi connectivity index (χ0) is 22.6. The van der Waals surface area contributed by atoms with E-state index >= 15 is 0 Å². The van der Waals surface area contributed by atoms with Gasteiger partial charge in [-0.05, 0) is 42.7 Å². The highest BCUT2D eigenvalue weighted by Crippen LogP contribution is 2.39. The Labute approximate surface area is 180 Å². The Kier molecular flexibility index (Phi) is 6.48. The van der Waals surface area contributed by atoms with Gasteiger partial charge in [0.25, 0.3) is 5.91 Å². The molecule has 0 unspecified atom stereocenters. The van der Waals surface area contributed by atoms with Crippen LogP contribution in [0.2, 0.25) is 0 Å². The Hall–Kier alpha value is -3.55. The Morgan fingerprint density at radius 1 is 1.03 bits per heavy atom. The summed E-state index contributed by atoms with van der Waals surface area (Å²) in [5.74, 6) is 0.289. The minimum Gasteiger partial charge on any atom is -0.493 e. The van der Waals surface area contributed by atoms with Crippen molar-refractivity contribution in [2.24, 2.45) is 0 Å². The number of imide groups is 1. The van der Waals surface area contributed by atoms with Crippen molar-refractivity contribution in [3.05, 3.63) is 47.5 Å². The van der Waals surface area contributed by atoms with E-state index in [2.05, 4.69) is 10.6 Å². The maximum absolute atomic E-state index is 12.8. The molecule has 31 heavy (non-hydrogen) atoms. The van der Waals surface area contributed by atoms with E-state index in [1.807, 2.05) is 19.1 Å². The van der Waals surface area contributed by atoms with Crippen molar-refractivity contribution in [2.75, 3.05) is 26.6 Å². The summed E-state index contributed by atoms with van der Waals surface area (Å²) in [6.45, 7) is 1.93. The summed E-state index contributed by atoms with van der Waals surface area (Å²) >= 11 is 0. The summed E-state index contributed by atoms with van der Waals surface area (Å²) in [7, 11) is 4.46. The first-order chi connectivity index (χ1) is 14.9. The molecule has 8 heteroatoms. The molecule has 2 aromatic carbocycles. The molecule has 8 nitrogen and oxygen atoms in total. The van der Waals surface area contributed by atoms with Crippen LogP contribution >= 0.6 is 0 Å². The van der Waals surface area contributed by atoms with Crippen LogP contribution in [0.3, 0.4) is 0 Å². The van der Waals surface area contributed by atoms with Crippen molar-refractivity contribution in [3.63, 3.8) is 0 Å². The fourth-order valence-electron chi connectivity index (χ4n) is 3.85. The summed E-state index contributed by atoms with van der Waals surface area (Å²) < 4.78 is 15.9. The molecule has 164 valence electrons. The van der Waals surface area contributed by atoms with E-state index in [1.54, 1.807) is 24.3 Å². The maximum Gasteiger partial charge on any atom is 0.255 e. The number of anilines is 1. The van der Waals surface area contributed by atoms with Gasteiger partial charge in [-0.3, -0.25) is 19.7 Å². The number of benzene rings is 2. The molecule has 1 atom stereocenters. The molecule has 1 heterocycles. The lowest BCUT2D eigenvalue weighted by Gasteiger charge is -2.35. The average Bonchev–Trinajstić information content (AvgIpc) is 2.79. The first-order valence-electron chi connectivity index (χ1n) is 9.94. The van der Waals surface area contributed by atoms with Crippen LogP contribution in [-0.2, 0) is 15.0 Å². The van der Waals surface area contributed by atoms with Gasteiger partial charge in [-0.15, -0.1) is 0 Å². The largest absolute Gasteiger partial charge is 0.493 e. The van der Waals surface area contributed by atoms with Crippen LogP contribution in [0.1, 0.15) is 42.1 Å². The number of amides is 3. The van der Waals surface area contributed by atoms with Gasteiger partial charge in [-0.1, -0.05) is 19.1 Å². The topological polar surface area (TPSA) is 103 Å². The molecule has 0 radical (unpaired) electrons. The van der Waals surface area contributed by atoms with Crippen molar-refractivity contribution >= 4 is 23.4 Å². The van der Waals surface area contributed by atoms with Gasteiger partial charge in [0.05, 0.1) is 26.7 Å². The molecule has 0 spiro atoms. The van der Waals surface area contributed by atoms with E-state index < -0.39 is 5.41 Å². The van der Waals surface area contributed by atoms with E-state index in [0.717, 1.165) is 5.56 Å². The predicted molar refractivity (Wildman–Crippen MR) is 115 cm³/mol. The van der Waals surface area contributed by atoms with Gasteiger partial charge < -0.3 is 19.5 Å². The molecule has 2 aromatic rings. The Morgan fingerprint density at radius 3 is 2.13 bits per heavy atom. The number of piperidine rings is 1. The molecule has 2 N–H and O–H groups in total. The monoisotopic (exact) mass is 426 g/mol. The number of rotatable bonds is 7. The predicted octanol–water partition coefficient (Wildman–Crippen LogP) is 3.05. The zero-order valence-corrected chi connectivity index (χ0v) is 18.0. The van der Waals surface area contributed by atoms with Crippen molar-refractivity contribution in [1.82, 2.24) is 5.32 Å². The quantitative estimate of drug-likeness (QED) is 0.660. The van der Waals surface area contributed by atoms with Gasteiger partial charge in [0.15, 0.2) is 11.5 Å². The van der Waals surface area contributed by atoms with Crippen molar-refractivity contribution in [2.45, 2.75) is 31.6 Å². The molecular formula is C23H26N2O6. The molecule has 0 saturated carbocycles. The van der Waals surface area contributed by atoms with E-state index in [0.29, 0.717) is 47.8 Å². The van der Waals surface area contributed by atoms with Gasteiger partial charge >= 0.3 is 0 Å². The zero-order valence-electron chi connectivity index (χ0n) is 18.0. The lowest BCUT2D eigenvalue weighted by atomic mass is 9.72. The number of carbonyl (C=O) groups excluding carboxylic acids is 3. The first kappa shape index (κ1) is 22.1. The molecule has 3 rings (SSSR count). The third-order valence-corrected chi connectivity index (χ3v) is 5.69. The van der Waals surface area contributed by atoms with Crippen LogP contribution in [0.5, 0.6) is 17.2 Å². The third kappa shape index (κ3) is 4.19. The average molecular weight is 426 g/mol. The highest BCUT2D eigenvalue weighted by Gasteiger charge is 2.42. The van der Waals surface area contributed by atoms with Gasteiger partial charge in [-0.25, -0.2) is 0 Å². The van der Waals surface area contributed by atoms with Crippen LogP contribution in [0, 0.1) is 0 Å². The molecule has 1 fully saturated rings. The summed E-state index contributed by atoms with van der Waals surface area (Å²) in [5.41, 5.74) is 0.980. The van der Waals surface area contributed by atoms with Crippen molar-refractivity contribution in [1.29, 1.82) is 0 Å². The molecule has 0 aliphatic carbocycles. The van der Waals surface area contributed by atoms with Gasteiger partial charge in [0, 0.05) is 17.7 Å². The number of methoxy groups -OCH3 is 3.